The number of epoxide rings is 1. The van der Waals surface area contributed by atoms with Crippen LogP contribution in [0.4, 0.5) is 0 Å². The number of ether oxygens (including phenoxy) is 2. The summed E-state index contributed by atoms with van der Waals surface area (Å²) in [6.45, 7) is 9.13. The van der Waals surface area contributed by atoms with Gasteiger partial charge in [0.2, 0.25) is 0 Å². The number of esters is 1. The van der Waals surface area contributed by atoms with E-state index in [0.29, 0.717) is 23.7 Å². The molecule has 7 atom stereocenters. The molecule has 2 aliphatic heterocycles. The molecule has 1 aromatic rings. The van der Waals surface area contributed by atoms with Crippen molar-refractivity contribution in [3.8, 4) is 0 Å². The molecule has 3 heterocycles. The number of carbonyl (C=O) groups is 2. The molecule has 0 saturated carbocycles. The largest absolute Gasteiger partial charge is 0.456 e. The predicted octanol–water partition coefficient (Wildman–Crippen LogP) is 3.80. The molecule has 3 rings (SSSR count). The number of aromatic nitrogens is 1. The number of hydrogen-bond acceptors (Lipinski definition) is 9. The third kappa shape index (κ3) is 6.74. The number of thiazole rings is 1. The van der Waals surface area contributed by atoms with Crippen molar-refractivity contribution in [1.29, 1.82) is 0 Å². The zero-order valence-electron chi connectivity index (χ0n) is 21.7. The van der Waals surface area contributed by atoms with Gasteiger partial charge in [-0.15, -0.1) is 11.3 Å². The fourth-order valence-electron chi connectivity index (χ4n) is 4.90. The van der Waals surface area contributed by atoms with E-state index >= 15 is 0 Å². The number of ketones is 1. The molecule has 10 heteroatoms. The zero-order valence-corrected chi connectivity index (χ0v) is 23.3. The van der Waals surface area contributed by atoms with Crippen LogP contribution in [0.25, 0.3) is 6.08 Å². The Morgan fingerprint density at radius 1 is 1.31 bits per heavy atom. The van der Waals surface area contributed by atoms with E-state index in [1.165, 1.54) is 11.3 Å². The van der Waals surface area contributed by atoms with E-state index in [-0.39, 0.29) is 29.8 Å². The lowest BCUT2D eigenvalue weighted by Gasteiger charge is -2.34. The summed E-state index contributed by atoms with van der Waals surface area (Å²) in [5.74, 6) is -1.75. The average Bonchev–Trinajstić information content (AvgIpc) is 3.23. The highest BCUT2D eigenvalue weighted by atomic mass is 35.5. The normalized spacial score (nSPS) is 36.8. The lowest BCUT2D eigenvalue weighted by molar-refractivity contribution is -0.154. The fourth-order valence-corrected chi connectivity index (χ4v) is 5.78. The van der Waals surface area contributed by atoms with Crippen molar-refractivity contribution in [3.63, 3.8) is 0 Å². The molecular formula is C26H39ClN2O6S. The number of fused-ring (bicyclic) bond motifs is 1. The highest BCUT2D eigenvalue weighted by molar-refractivity contribution is 7.09. The maximum Gasteiger partial charge on any atom is 0.309 e. The Kier molecular flexibility index (Phi) is 9.39. The van der Waals surface area contributed by atoms with E-state index in [4.69, 9.17) is 26.8 Å². The van der Waals surface area contributed by atoms with Crippen molar-refractivity contribution < 1.29 is 29.3 Å². The van der Waals surface area contributed by atoms with Crippen LogP contribution in [-0.2, 0) is 25.6 Å². The van der Waals surface area contributed by atoms with Crippen LogP contribution in [0.2, 0.25) is 0 Å². The van der Waals surface area contributed by atoms with Crippen molar-refractivity contribution in [2.75, 3.05) is 0 Å². The Balaban J connectivity index is 1.85. The third-order valence-corrected chi connectivity index (χ3v) is 8.99. The molecule has 4 N–H and O–H groups in total. The molecule has 2 fully saturated rings. The van der Waals surface area contributed by atoms with Gasteiger partial charge in [-0.25, -0.2) is 4.98 Å². The van der Waals surface area contributed by atoms with Crippen LogP contribution in [-0.4, -0.2) is 57.0 Å². The number of hydrogen-bond donors (Lipinski definition) is 3. The lowest BCUT2D eigenvalue weighted by Crippen LogP contribution is -2.45. The van der Waals surface area contributed by atoms with Crippen molar-refractivity contribution in [3.05, 3.63) is 21.1 Å². The van der Waals surface area contributed by atoms with Gasteiger partial charge >= 0.3 is 5.97 Å². The second-order valence-electron chi connectivity index (χ2n) is 11.0. The van der Waals surface area contributed by atoms with Crippen molar-refractivity contribution in [1.82, 2.24) is 4.98 Å². The van der Waals surface area contributed by atoms with E-state index in [1.54, 1.807) is 26.8 Å². The van der Waals surface area contributed by atoms with Crippen molar-refractivity contribution >= 4 is 40.8 Å². The summed E-state index contributed by atoms with van der Waals surface area (Å²) >= 11 is 8.05. The summed E-state index contributed by atoms with van der Waals surface area (Å²) in [4.78, 5) is 30.5. The minimum absolute atomic E-state index is 0.0998. The summed E-state index contributed by atoms with van der Waals surface area (Å²) in [6, 6.07) is 0. The monoisotopic (exact) mass is 542 g/mol. The smallest absolute Gasteiger partial charge is 0.309 e. The van der Waals surface area contributed by atoms with Crippen LogP contribution < -0.4 is 5.73 Å². The Hall–Kier alpha value is -1.36. The number of Topliss-reactive ketones (excluding diaryl/α,β-unsaturated/α-hetero) is 1. The van der Waals surface area contributed by atoms with Gasteiger partial charge < -0.3 is 25.4 Å². The quantitative estimate of drug-likeness (QED) is 0.387. The van der Waals surface area contributed by atoms with Gasteiger partial charge in [-0.1, -0.05) is 45.7 Å². The second kappa shape index (κ2) is 11.6. The maximum absolute atomic E-state index is 13.2. The molecular weight excluding hydrogens is 504 g/mol. The number of nitrogens with two attached hydrogens (primary N) is 1. The topological polar surface area (TPSA) is 135 Å². The van der Waals surface area contributed by atoms with Crippen molar-refractivity contribution in [2.45, 2.75) is 103 Å². The summed E-state index contributed by atoms with van der Waals surface area (Å²) in [6.07, 6.45) is 0.894. The Morgan fingerprint density at radius 2 is 2.00 bits per heavy atom. The number of nitrogens with zero attached hydrogens (tertiary/aromatic N) is 1. The zero-order chi connectivity index (χ0) is 26.8. The van der Waals surface area contributed by atoms with Crippen LogP contribution in [0.1, 0.15) is 77.4 Å². The van der Waals surface area contributed by atoms with Gasteiger partial charge in [0.05, 0.1) is 46.5 Å². The summed E-state index contributed by atoms with van der Waals surface area (Å²) in [5.41, 5.74) is 4.66. The van der Waals surface area contributed by atoms with Gasteiger partial charge in [0, 0.05) is 24.3 Å². The number of rotatable bonds is 3. The number of carbonyl (C=O) groups excluding carboxylic acids is 2. The molecule has 0 bridgehead atoms. The van der Waals surface area contributed by atoms with Gasteiger partial charge in [0.15, 0.2) is 0 Å². The molecule has 0 amide bonds. The third-order valence-electron chi connectivity index (χ3n) is 7.74. The first-order chi connectivity index (χ1) is 16.8. The SMILES string of the molecule is CC1CCCC2(C)OC2CC(C(Cl)=Cc2csc(CN)n2)OC(=O)CC(O)C(C)(C)C(=O)C(C)C1O. The molecule has 0 aromatic carbocycles. The predicted molar refractivity (Wildman–Crippen MR) is 139 cm³/mol. The van der Waals surface area contributed by atoms with E-state index in [0.717, 1.165) is 24.3 Å². The average molecular weight is 543 g/mol. The molecule has 1 aromatic heterocycles. The Bertz CT molecular complexity index is 981. The van der Waals surface area contributed by atoms with Gasteiger partial charge in [-0.05, 0) is 31.8 Å². The minimum Gasteiger partial charge on any atom is -0.456 e. The molecule has 0 spiro atoms. The Morgan fingerprint density at radius 3 is 2.64 bits per heavy atom. The number of halogens is 1. The lowest BCUT2D eigenvalue weighted by atomic mass is 9.73. The van der Waals surface area contributed by atoms with Gasteiger partial charge in [0.25, 0.3) is 0 Å². The maximum atomic E-state index is 13.2. The van der Waals surface area contributed by atoms with Gasteiger partial charge in [0.1, 0.15) is 16.9 Å². The van der Waals surface area contributed by atoms with Gasteiger partial charge in [-0.2, -0.15) is 0 Å². The number of aliphatic hydroxyl groups excluding tert-OH is 2. The molecule has 0 aliphatic carbocycles. The first-order valence-electron chi connectivity index (χ1n) is 12.6. The second-order valence-corrected chi connectivity index (χ2v) is 12.4. The van der Waals surface area contributed by atoms with Gasteiger partial charge in [-0.3, -0.25) is 9.59 Å². The summed E-state index contributed by atoms with van der Waals surface area (Å²) < 4.78 is 11.7. The standard InChI is InChI=1S/C26H39ClN2O6S/c1-14-7-6-8-26(5)20(35-26)10-18(17(27)9-16-13-36-21(12-28)29-16)34-22(31)11-19(30)25(3,4)24(33)15(2)23(14)32/h9,13-15,18-20,23,30,32H,6-8,10-12,28H2,1-5H3. The van der Waals surface area contributed by atoms with Crippen molar-refractivity contribution in [2.24, 2.45) is 23.0 Å². The minimum atomic E-state index is -1.29. The first kappa shape index (κ1) is 29.2. The first-order valence-corrected chi connectivity index (χ1v) is 13.8. The molecule has 2 aliphatic rings. The molecule has 2 saturated heterocycles. The van der Waals surface area contributed by atoms with Crippen LogP contribution in [0.5, 0.6) is 0 Å². The van der Waals surface area contributed by atoms with E-state index in [1.807, 2.05) is 19.2 Å². The Labute approximate surface area is 222 Å². The molecule has 36 heavy (non-hydrogen) atoms. The molecule has 8 nitrogen and oxygen atoms in total. The number of aliphatic hydroxyl groups is 2. The van der Waals surface area contributed by atoms with Crippen LogP contribution in [0.3, 0.4) is 0 Å². The van der Waals surface area contributed by atoms with E-state index in [9.17, 15) is 19.8 Å². The van der Waals surface area contributed by atoms with Crippen LogP contribution >= 0.6 is 22.9 Å². The summed E-state index contributed by atoms with van der Waals surface area (Å²) in [7, 11) is 0. The van der Waals surface area contributed by atoms with E-state index < -0.39 is 35.6 Å². The highest BCUT2D eigenvalue weighted by Gasteiger charge is 2.53. The molecule has 202 valence electrons. The summed E-state index contributed by atoms with van der Waals surface area (Å²) in [5, 5.41) is 24.6. The fraction of sp³-hybridized carbons (Fsp3) is 0.731. The van der Waals surface area contributed by atoms with Crippen LogP contribution in [0.15, 0.2) is 10.4 Å². The highest BCUT2D eigenvalue weighted by Crippen LogP contribution is 2.45. The van der Waals surface area contributed by atoms with E-state index in [2.05, 4.69) is 4.98 Å². The molecule has 7 unspecified atom stereocenters. The number of cyclic esters (lactones) is 1. The molecule has 0 radical (unpaired) electrons. The van der Waals surface area contributed by atoms with Crippen LogP contribution in [0, 0.1) is 17.3 Å².